The van der Waals surface area contributed by atoms with E-state index < -0.39 is 17.8 Å². The van der Waals surface area contributed by atoms with Crippen LogP contribution in [0.25, 0.3) is 0 Å². The maximum atomic E-state index is 14.5. The number of fused-ring (bicyclic) bond motifs is 1. The second kappa shape index (κ2) is 14.8. The van der Waals surface area contributed by atoms with Gasteiger partial charge in [-0.05, 0) is 81.0 Å². The molecular weight excluding hydrogens is 646 g/mol. The first kappa shape index (κ1) is 32.8. The number of nitrogens with zero attached hydrogens (tertiary/aromatic N) is 3. The number of aromatic nitrogens is 3. The number of nitrogens with one attached hydrogen (secondary N) is 1. The molecule has 246 valence electrons. The molecule has 2 aliphatic rings. The summed E-state index contributed by atoms with van der Waals surface area (Å²) in [5.41, 5.74) is 2.44. The second-order valence-corrected chi connectivity index (χ2v) is 12.8. The Morgan fingerprint density at radius 3 is 2.57 bits per heavy atom. The first-order valence-electron chi connectivity index (χ1n) is 15.7. The van der Waals surface area contributed by atoms with Gasteiger partial charge in [0.25, 0.3) is 0 Å². The van der Waals surface area contributed by atoms with Gasteiger partial charge in [0.05, 0.1) is 17.2 Å². The molecule has 1 atom stereocenters. The largest absolute Gasteiger partial charge is 0.490 e. The molecule has 4 aromatic rings. The zero-order chi connectivity index (χ0) is 32.9. The smallest absolute Gasteiger partial charge is 0.338 e. The van der Waals surface area contributed by atoms with E-state index in [-0.39, 0.29) is 29.1 Å². The number of halogens is 3. The highest BCUT2D eigenvalue weighted by molar-refractivity contribution is 7.98. The first-order valence-corrected chi connectivity index (χ1v) is 17.0. The molecule has 0 radical (unpaired) electrons. The van der Waals surface area contributed by atoms with Gasteiger partial charge in [-0.25, -0.2) is 18.3 Å². The molecule has 1 N–H and O–H groups in total. The van der Waals surface area contributed by atoms with Crippen LogP contribution in [0.3, 0.4) is 0 Å². The van der Waals surface area contributed by atoms with Gasteiger partial charge >= 0.3 is 5.97 Å². The number of thioether (sulfide) groups is 1. The van der Waals surface area contributed by atoms with Crippen molar-refractivity contribution in [2.24, 2.45) is 0 Å². The van der Waals surface area contributed by atoms with Crippen molar-refractivity contribution >= 4 is 35.3 Å². The maximum absolute atomic E-state index is 14.5. The standard InChI is InChI=1S/C35H35ClF2N4O4S/c1-3-44-30-18-22(16-17-29(30)45-19-25-26(36)13-9-15-28(25)38)32-31(33(43)46-24-11-5-4-6-12-24)21(2)39-34-40-35(41-42(32)34)47-20-23-10-7-8-14-27(23)37/h7-10,13-18,24,32H,3-6,11-12,19-20H2,1-2H3,(H,39,40,41). The van der Waals surface area contributed by atoms with Gasteiger partial charge < -0.3 is 19.5 Å². The van der Waals surface area contributed by atoms with Crippen molar-refractivity contribution in [3.05, 3.63) is 105 Å². The van der Waals surface area contributed by atoms with Gasteiger partial charge in [0.15, 0.2) is 11.5 Å². The monoisotopic (exact) mass is 680 g/mol. The van der Waals surface area contributed by atoms with E-state index >= 15 is 0 Å². The number of hydrogen-bond donors (Lipinski definition) is 1. The zero-order valence-corrected chi connectivity index (χ0v) is 27.7. The van der Waals surface area contributed by atoms with Gasteiger partial charge in [-0.15, -0.1) is 5.10 Å². The fourth-order valence-corrected chi connectivity index (χ4v) is 6.86. The lowest BCUT2D eigenvalue weighted by atomic mass is 9.94. The molecule has 0 saturated heterocycles. The highest BCUT2D eigenvalue weighted by atomic mass is 35.5. The van der Waals surface area contributed by atoms with Crippen molar-refractivity contribution in [2.75, 3.05) is 11.9 Å². The van der Waals surface area contributed by atoms with E-state index in [2.05, 4.69) is 10.3 Å². The second-order valence-electron chi connectivity index (χ2n) is 11.4. The molecule has 47 heavy (non-hydrogen) atoms. The zero-order valence-electron chi connectivity index (χ0n) is 26.1. The van der Waals surface area contributed by atoms with Gasteiger partial charge in [0.2, 0.25) is 11.1 Å². The van der Waals surface area contributed by atoms with Crippen LogP contribution in [0.1, 0.15) is 68.7 Å². The van der Waals surface area contributed by atoms with Crippen LogP contribution < -0.4 is 14.8 Å². The number of carbonyl (C=O) groups excluding carboxylic acids is 1. The highest BCUT2D eigenvalue weighted by Gasteiger charge is 2.37. The van der Waals surface area contributed by atoms with Crippen LogP contribution in [0.15, 0.2) is 77.1 Å². The van der Waals surface area contributed by atoms with Crippen molar-refractivity contribution in [1.82, 2.24) is 14.8 Å². The third-order valence-corrected chi connectivity index (χ3v) is 9.45. The van der Waals surface area contributed by atoms with Gasteiger partial charge in [-0.3, -0.25) is 0 Å². The van der Waals surface area contributed by atoms with E-state index in [0.717, 1.165) is 32.1 Å². The molecule has 1 aliphatic carbocycles. The third-order valence-electron chi connectivity index (χ3n) is 8.21. The molecule has 1 aliphatic heterocycles. The quantitative estimate of drug-likeness (QED) is 0.124. The Labute approximate surface area is 281 Å². The Kier molecular flexibility index (Phi) is 10.3. The summed E-state index contributed by atoms with van der Waals surface area (Å²) in [7, 11) is 0. The Bertz CT molecular complexity index is 1770. The molecule has 1 fully saturated rings. The topological polar surface area (TPSA) is 87.5 Å². The number of hydrogen-bond acceptors (Lipinski definition) is 8. The molecular formula is C35H35ClF2N4O4S. The summed E-state index contributed by atoms with van der Waals surface area (Å²) < 4.78 is 48.5. The molecule has 3 aromatic carbocycles. The van der Waals surface area contributed by atoms with Crippen LogP contribution in [0.4, 0.5) is 14.7 Å². The van der Waals surface area contributed by atoms with Crippen molar-refractivity contribution in [3.63, 3.8) is 0 Å². The lowest BCUT2D eigenvalue weighted by Crippen LogP contribution is -2.32. The van der Waals surface area contributed by atoms with E-state index in [1.165, 1.54) is 30.0 Å². The minimum absolute atomic E-state index is 0.105. The van der Waals surface area contributed by atoms with Gasteiger partial charge in [-0.2, -0.15) is 4.98 Å². The number of anilines is 1. The highest BCUT2D eigenvalue weighted by Crippen LogP contribution is 2.41. The number of benzene rings is 3. The summed E-state index contributed by atoms with van der Waals surface area (Å²) in [6.45, 7) is 3.89. The molecule has 2 heterocycles. The maximum Gasteiger partial charge on any atom is 0.338 e. The van der Waals surface area contributed by atoms with Crippen LogP contribution in [0, 0.1) is 11.6 Å². The van der Waals surface area contributed by atoms with Crippen molar-refractivity contribution in [2.45, 2.75) is 75.6 Å². The van der Waals surface area contributed by atoms with Crippen molar-refractivity contribution in [1.29, 1.82) is 0 Å². The molecule has 1 saturated carbocycles. The van der Waals surface area contributed by atoms with E-state index in [0.29, 0.717) is 57.4 Å². The summed E-state index contributed by atoms with van der Waals surface area (Å²) in [5, 5.41) is 8.69. The Morgan fingerprint density at radius 2 is 1.81 bits per heavy atom. The minimum atomic E-state index is -0.716. The lowest BCUT2D eigenvalue weighted by molar-refractivity contribution is -0.146. The fraction of sp³-hybridized carbons (Fsp3) is 0.343. The Balaban J connectivity index is 1.34. The molecule has 6 rings (SSSR count). The van der Waals surface area contributed by atoms with Gasteiger partial charge in [0.1, 0.15) is 30.4 Å². The molecule has 8 nitrogen and oxygen atoms in total. The van der Waals surface area contributed by atoms with Crippen LogP contribution >= 0.6 is 23.4 Å². The molecule has 0 bridgehead atoms. The number of allylic oxidation sites excluding steroid dienone is 1. The minimum Gasteiger partial charge on any atom is -0.490 e. The van der Waals surface area contributed by atoms with E-state index in [4.69, 9.17) is 30.9 Å². The van der Waals surface area contributed by atoms with E-state index in [9.17, 15) is 13.6 Å². The summed E-state index contributed by atoms with van der Waals surface area (Å²) in [6, 6.07) is 15.7. The van der Waals surface area contributed by atoms with Crippen LogP contribution in [0.5, 0.6) is 11.5 Å². The average Bonchev–Trinajstić information content (AvgIpc) is 3.47. The Hall–Kier alpha value is -4.09. The van der Waals surface area contributed by atoms with Crippen molar-refractivity contribution < 1.29 is 27.8 Å². The molecule has 1 unspecified atom stereocenters. The number of ether oxygens (including phenoxy) is 3. The number of carbonyl (C=O) groups is 1. The Morgan fingerprint density at radius 1 is 1.02 bits per heavy atom. The lowest BCUT2D eigenvalue weighted by Gasteiger charge is -2.30. The summed E-state index contributed by atoms with van der Waals surface area (Å²) in [6.07, 6.45) is 4.67. The number of rotatable bonds is 11. The van der Waals surface area contributed by atoms with E-state index in [1.807, 2.05) is 19.9 Å². The summed E-state index contributed by atoms with van der Waals surface area (Å²) in [4.78, 5) is 18.6. The first-order chi connectivity index (χ1) is 22.8. The third kappa shape index (κ3) is 7.41. The van der Waals surface area contributed by atoms with Crippen LogP contribution in [-0.4, -0.2) is 33.4 Å². The predicted octanol–water partition coefficient (Wildman–Crippen LogP) is 8.64. The van der Waals surface area contributed by atoms with Gasteiger partial charge in [0, 0.05) is 17.0 Å². The molecule has 12 heteroatoms. The van der Waals surface area contributed by atoms with Crippen LogP contribution in [-0.2, 0) is 21.9 Å². The number of esters is 1. The van der Waals surface area contributed by atoms with Gasteiger partial charge in [-0.1, -0.05) is 60.1 Å². The average molecular weight is 681 g/mol. The predicted molar refractivity (Wildman–Crippen MR) is 177 cm³/mol. The SMILES string of the molecule is CCOc1cc(C2C(C(=O)OC3CCCCC3)=C(C)Nc3nc(SCc4ccccc4F)nn32)ccc1OCc1c(F)cccc1Cl. The molecule has 1 aromatic heterocycles. The molecule has 0 amide bonds. The normalized spacial score (nSPS) is 16.4. The molecule has 0 spiro atoms. The fourth-order valence-electron chi connectivity index (χ4n) is 5.82. The van der Waals surface area contributed by atoms with E-state index in [1.54, 1.807) is 41.1 Å². The van der Waals surface area contributed by atoms with Crippen molar-refractivity contribution in [3.8, 4) is 11.5 Å². The van der Waals surface area contributed by atoms with Crippen LogP contribution in [0.2, 0.25) is 5.02 Å². The summed E-state index contributed by atoms with van der Waals surface area (Å²) >= 11 is 7.52. The summed E-state index contributed by atoms with van der Waals surface area (Å²) in [5.74, 6) is 0.363.